The third-order valence-corrected chi connectivity index (χ3v) is 4.09. The molecule has 1 fully saturated rings. The summed E-state index contributed by atoms with van der Waals surface area (Å²) in [7, 11) is 1.85. The van der Waals surface area contributed by atoms with Crippen LogP contribution in [-0.2, 0) is 0 Å². The van der Waals surface area contributed by atoms with Gasteiger partial charge in [0.1, 0.15) is 0 Å². The molecule has 2 atom stereocenters. The number of hydrogen-bond donors (Lipinski definition) is 1. The molecule has 1 saturated carbocycles. The summed E-state index contributed by atoms with van der Waals surface area (Å²) in [4.78, 5) is 1.63. The highest BCUT2D eigenvalue weighted by Gasteiger charge is 2.41. The van der Waals surface area contributed by atoms with E-state index >= 15 is 0 Å². The molecule has 0 heterocycles. The molecule has 5 heteroatoms. The first-order valence-corrected chi connectivity index (χ1v) is 7.16. The second kappa shape index (κ2) is 6.44. The molecule has 1 aliphatic rings. The lowest BCUT2D eigenvalue weighted by Gasteiger charge is -2.46. The van der Waals surface area contributed by atoms with Gasteiger partial charge in [0.15, 0.2) is 0 Å². The van der Waals surface area contributed by atoms with Crippen LogP contribution < -0.4 is 5.32 Å². The lowest BCUT2D eigenvalue weighted by Crippen LogP contribution is -2.56. The molecule has 2 unspecified atom stereocenters. The number of alkyl halides is 3. The monoisotopic (exact) mass is 280 g/mol. The molecule has 0 saturated heterocycles. The van der Waals surface area contributed by atoms with Crippen LogP contribution in [0.4, 0.5) is 13.2 Å². The van der Waals surface area contributed by atoms with E-state index in [0.29, 0.717) is 6.54 Å². The third kappa shape index (κ3) is 5.30. The summed E-state index contributed by atoms with van der Waals surface area (Å²) in [5.41, 5.74) is 0.135. The zero-order valence-electron chi connectivity index (χ0n) is 12.5. The van der Waals surface area contributed by atoms with Crippen molar-refractivity contribution in [3.8, 4) is 0 Å². The predicted molar refractivity (Wildman–Crippen MR) is 72.2 cm³/mol. The van der Waals surface area contributed by atoms with Gasteiger partial charge in [0.2, 0.25) is 0 Å². The van der Waals surface area contributed by atoms with Crippen molar-refractivity contribution < 1.29 is 13.2 Å². The van der Waals surface area contributed by atoms with Crippen molar-refractivity contribution in [1.82, 2.24) is 10.2 Å². The van der Waals surface area contributed by atoms with Crippen LogP contribution in [0.15, 0.2) is 0 Å². The van der Waals surface area contributed by atoms with E-state index in [4.69, 9.17) is 0 Å². The van der Waals surface area contributed by atoms with Crippen LogP contribution in [0.5, 0.6) is 0 Å². The Hall–Kier alpha value is -0.290. The molecule has 114 valence electrons. The summed E-state index contributed by atoms with van der Waals surface area (Å²) < 4.78 is 38.2. The van der Waals surface area contributed by atoms with Gasteiger partial charge in [-0.1, -0.05) is 20.8 Å². The van der Waals surface area contributed by atoms with E-state index in [2.05, 4.69) is 19.2 Å². The Kier molecular flexibility index (Phi) is 5.68. The maximum atomic E-state index is 12.7. The van der Waals surface area contributed by atoms with E-state index in [0.717, 1.165) is 25.7 Å². The molecule has 0 bridgehead atoms. The summed E-state index contributed by atoms with van der Waals surface area (Å²) in [6.07, 6.45) is -0.514. The van der Waals surface area contributed by atoms with Crippen LogP contribution >= 0.6 is 0 Å². The van der Waals surface area contributed by atoms with E-state index in [1.807, 2.05) is 14.0 Å². The fourth-order valence-corrected chi connectivity index (χ4v) is 3.15. The van der Waals surface area contributed by atoms with Gasteiger partial charge in [-0.25, -0.2) is 0 Å². The van der Waals surface area contributed by atoms with Crippen molar-refractivity contribution in [2.24, 2.45) is 5.41 Å². The molecule has 1 rings (SSSR count). The van der Waals surface area contributed by atoms with Gasteiger partial charge in [0.25, 0.3) is 0 Å². The first-order chi connectivity index (χ1) is 8.68. The van der Waals surface area contributed by atoms with Gasteiger partial charge in [0.05, 0.1) is 6.54 Å². The standard InChI is InChI=1S/C14H27F3N2/c1-5-8-19(10-14(15,16)17)12-9-13(2,3)7-6-11(12)18-4/h11-12,18H,5-10H2,1-4H3. The second-order valence-electron chi connectivity index (χ2n) is 6.46. The minimum atomic E-state index is -4.12. The van der Waals surface area contributed by atoms with Gasteiger partial charge >= 0.3 is 6.18 Å². The number of rotatable bonds is 5. The van der Waals surface area contributed by atoms with E-state index < -0.39 is 12.7 Å². The molecular weight excluding hydrogens is 253 g/mol. The van der Waals surface area contributed by atoms with Gasteiger partial charge in [-0.15, -0.1) is 0 Å². The highest BCUT2D eigenvalue weighted by atomic mass is 19.4. The molecule has 0 amide bonds. The summed E-state index contributed by atoms with van der Waals surface area (Å²) in [5.74, 6) is 0. The highest BCUT2D eigenvalue weighted by Crippen LogP contribution is 2.38. The Morgan fingerprint density at radius 3 is 2.42 bits per heavy atom. The summed E-state index contributed by atoms with van der Waals surface area (Å²) in [6.45, 7) is 5.97. The normalized spacial score (nSPS) is 27.8. The van der Waals surface area contributed by atoms with Crippen LogP contribution in [-0.4, -0.2) is 43.3 Å². The zero-order chi connectivity index (χ0) is 14.7. The van der Waals surface area contributed by atoms with Crippen molar-refractivity contribution in [1.29, 1.82) is 0 Å². The lowest BCUT2D eigenvalue weighted by molar-refractivity contribution is -0.155. The fourth-order valence-electron chi connectivity index (χ4n) is 3.15. The van der Waals surface area contributed by atoms with Crippen LogP contribution in [0.1, 0.15) is 46.5 Å². The fraction of sp³-hybridized carbons (Fsp3) is 1.00. The van der Waals surface area contributed by atoms with Crippen molar-refractivity contribution in [3.63, 3.8) is 0 Å². The second-order valence-corrected chi connectivity index (χ2v) is 6.46. The molecule has 0 aromatic carbocycles. The molecule has 2 nitrogen and oxygen atoms in total. The van der Waals surface area contributed by atoms with Gasteiger partial charge in [-0.3, -0.25) is 4.90 Å². The summed E-state index contributed by atoms with van der Waals surface area (Å²) in [6, 6.07) is 0.150. The van der Waals surface area contributed by atoms with Gasteiger partial charge in [-0.05, 0) is 44.7 Å². The molecule has 0 aromatic heterocycles. The molecule has 19 heavy (non-hydrogen) atoms. The molecule has 0 radical (unpaired) electrons. The number of likely N-dealkylation sites (N-methyl/N-ethyl adjacent to an activating group) is 1. The lowest BCUT2D eigenvalue weighted by atomic mass is 9.72. The Labute approximate surface area is 114 Å². The molecule has 0 aliphatic heterocycles. The van der Waals surface area contributed by atoms with Crippen molar-refractivity contribution >= 4 is 0 Å². The Morgan fingerprint density at radius 2 is 1.95 bits per heavy atom. The quantitative estimate of drug-likeness (QED) is 0.830. The maximum Gasteiger partial charge on any atom is 0.401 e. The number of hydrogen-bond acceptors (Lipinski definition) is 2. The third-order valence-electron chi connectivity index (χ3n) is 4.09. The maximum absolute atomic E-state index is 12.7. The SMILES string of the molecule is CCCN(CC(F)(F)F)C1CC(C)(C)CCC1NC. The van der Waals surface area contributed by atoms with E-state index in [9.17, 15) is 13.2 Å². The van der Waals surface area contributed by atoms with Crippen molar-refractivity contribution in [2.75, 3.05) is 20.1 Å². The zero-order valence-corrected chi connectivity index (χ0v) is 12.5. The minimum absolute atomic E-state index is 0.0182. The number of nitrogens with zero attached hydrogens (tertiary/aromatic N) is 1. The van der Waals surface area contributed by atoms with Crippen LogP contribution in [0.2, 0.25) is 0 Å². The predicted octanol–water partition coefficient (Wildman–Crippen LogP) is 3.43. The first-order valence-electron chi connectivity index (χ1n) is 7.16. The Bertz CT molecular complexity index is 276. The molecule has 0 spiro atoms. The van der Waals surface area contributed by atoms with E-state index in [-0.39, 0.29) is 17.5 Å². The average Bonchev–Trinajstić information content (AvgIpc) is 2.25. The molecule has 1 aliphatic carbocycles. The Balaban J connectivity index is 2.83. The summed E-state index contributed by atoms with van der Waals surface area (Å²) >= 11 is 0. The van der Waals surface area contributed by atoms with Crippen LogP contribution in [0.3, 0.4) is 0 Å². The van der Waals surface area contributed by atoms with E-state index in [1.165, 1.54) is 0 Å². The molecular formula is C14H27F3N2. The summed E-state index contributed by atoms with van der Waals surface area (Å²) in [5, 5.41) is 3.21. The smallest absolute Gasteiger partial charge is 0.315 e. The topological polar surface area (TPSA) is 15.3 Å². The minimum Gasteiger partial charge on any atom is -0.315 e. The first kappa shape index (κ1) is 16.8. The average molecular weight is 280 g/mol. The Morgan fingerprint density at radius 1 is 1.32 bits per heavy atom. The highest BCUT2D eigenvalue weighted by molar-refractivity contribution is 4.94. The van der Waals surface area contributed by atoms with Crippen molar-refractivity contribution in [2.45, 2.75) is 64.7 Å². The van der Waals surface area contributed by atoms with Gasteiger partial charge in [0, 0.05) is 12.1 Å². The molecule has 0 aromatic rings. The van der Waals surface area contributed by atoms with E-state index in [1.54, 1.807) is 4.90 Å². The van der Waals surface area contributed by atoms with Crippen LogP contribution in [0.25, 0.3) is 0 Å². The number of halogens is 3. The molecule has 1 N–H and O–H groups in total. The number of nitrogens with one attached hydrogen (secondary N) is 1. The van der Waals surface area contributed by atoms with Gasteiger partial charge in [-0.2, -0.15) is 13.2 Å². The van der Waals surface area contributed by atoms with Gasteiger partial charge < -0.3 is 5.32 Å². The van der Waals surface area contributed by atoms with Crippen LogP contribution in [0, 0.1) is 5.41 Å². The van der Waals surface area contributed by atoms with Crippen molar-refractivity contribution in [3.05, 3.63) is 0 Å². The largest absolute Gasteiger partial charge is 0.401 e.